The second-order valence-corrected chi connectivity index (χ2v) is 10.5. The lowest BCUT2D eigenvalue weighted by atomic mass is 9.97. The number of hydrogen-bond acceptors (Lipinski definition) is 9. The summed E-state index contributed by atoms with van der Waals surface area (Å²) in [4.78, 5) is 26.1. The molecule has 6 atom stereocenters. The molecule has 2 aromatic rings. The van der Waals surface area contributed by atoms with Crippen molar-refractivity contribution >= 4 is 25.9 Å². The predicted octanol–water partition coefficient (Wildman–Crippen LogP) is 2.64. The number of nitrogens with zero attached hydrogens (tertiary/aromatic N) is 1. The molecule has 0 radical (unpaired) electrons. The van der Waals surface area contributed by atoms with Crippen molar-refractivity contribution in [1.82, 2.24) is 14.6 Å². The predicted molar refractivity (Wildman–Crippen MR) is 133 cm³/mol. The maximum atomic E-state index is 15.7. The number of ether oxygens (including phenoxy) is 2. The lowest BCUT2D eigenvalue weighted by Crippen LogP contribution is -2.43. The highest BCUT2D eigenvalue weighted by Crippen LogP contribution is 2.47. The standard InChI is InChI=1S/C23H27FN3O8PS/c1-5-23(24)19(29)17(34-21(23)27-12-11-18(28)25-22(27)37)13-32-36(31,35-16-9-7-6-8-10-16)26-15(4)20(30)33-14(2)3/h1,6-12,14-15,17,19,21,29H,13H2,2-4H3,(H,26,31)(H,25,28,37). The number of terminal acetylenes is 1. The average Bonchev–Trinajstić information content (AvgIpc) is 3.08. The molecule has 14 heteroatoms. The van der Waals surface area contributed by atoms with Crippen molar-refractivity contribution in [2.75, 3.05) is 6.61 Å². The molecule has 1 aromatic carbocycles. The smallest absolute Gasteiger partial charge is 0.459 e. The van der Waals surface area contributed by atoms with Gasteiger partial charge in [-0.3, -0.25) is 23.7 Å². The van der Waals surface area contributed by atoms with Crippen LogP contribution in [0.25, 0.3) is 0 Å². The van der Waals surface area contributed by atoms with Crippen LogP contribution < -0.4 is 15.2 Å². The highest BCUT2D eigenvalue weighted by Gasteiger charge is 2.58. The first-order valence-electron chi connectivity index (χ1n) is 11.2. The van der Waals surface area contributed by atoms with Crippen LogP contribution in [0.4, 0.5) is 4.39 Å². The van der Waals surface area contributed by atoms with E-state index in [4.69, 9.17) is 37.2 Å². The van der Waals surface area contributed by atoms with Gasteiger partial charge in [0.2, 0.25) is 5.67 Å². The molecular formula is C23H27FN3O8PS. The molecule has 0 spiro atoms. The third-order valence-corrected chi connectivity index (χ3v) is 7.16. The fourth-order valence-electron chi connectivity index (χ4n) is 3.43. The third-order valence-electron chi connectivity index (χ3n) is 5.21. The van der Waals surface area contributed by atoms with Crippen molar-refractivity contribution in [2.45, 2.75) is 57.0 Å². The van der Waals surface area contributed by atoms with Crippen molar-refractivity contribution in [1.29, 1.82) is 0 Å². The molecule has 37 heavy (non-hydrogen) atoms. The molecule has 0 aliphatic carbocycles. The molecule has 2 heterocycles. The maximum absolute atomic E-state index is 15.7. The topological polar surface area (TPSA) is 141 Å². The van der Waals surface area contributed by atoms with E-state index in [2.05, 4.69) is 10.1 Å². The fourth-order valence-corrected chi connectivity index (χ4v) is 5.19. The number of para-hydroxylation sites is 1. The summed E-state index contributed by atoms with van der Waals surface area (Å²) in [5.74, 6) is 1.32. The van der Waals surface area contributed by atoms with Crippen LogP contribution in [0.2, 0.25) is 0 Å². The maximum Gasteiger partial charge on any atom is 0.459 e. The molecule has 3 rings (SSSR count). The zero-order valence-corrected chi connectivity index (χ0v) is 21.9. The number of benzene rings is 1. The van der Waals surface area contributed by atoms with Crippen LogP contribution in [0.5, 0.6) is 5.75 Å². The normalized spacial score (nSPS) is 25.7. The zero-order chi connectivity index (χ0) is 27.4. The number of aliphatic hydroxyl groups is 1. The van der Waals surface area contributed by atoms with Gasteiger partial charge in [0.15, 0.2) is 11.0 Å². The van der Waals surface area contributed by atoms with Gasteiger partial charge in [0, 0.05) is 12.3 Å². The molecule has 0 bridgehead atoms. The Morgan fingerprint density at radius 1 is 1.38 bits per heavy atom. The number of carbonyl (C=O) groups excluding carboxylic acids is 1. The molecule has 0 saturated carbocycles. The lowest BCUT2D eigenvalue weighted by Gasteiger charge is -2.25. The summed E-state index contributed by atoms with van der Waals surface area (Å²) < 4.78 is 51.9. The fraction of sp³-hybridized carbons (Fsp3) is 0.435. The van der Waals surface area contributed by atoms with Crippen LogP contribution in [0.15, 0.2) is 47.4 Å². The van der Waals surface area contributed by atoms with Gasteiger partial charge in [0.05, 0.1) is 12.7 Å². The van der Waals surface area contributed by atoms with Crippen LogP contribution in [-0.4, -0.2) is 57.3 Å². The van der Waals surface area contributed by atoms with E-state index in [1.165, 1.54) is 25.3 Å². The number of hydrogen-bond donors (Lipinski definition) is 3. The van der Waals surface area contributed by atoms with E-state index in [-0.39, 0.29) is 10.5 Å². The first-order valence-corrected chi connectivity index (χ1v) is 13.1. The Hall–Kier alpha value is -2.85. The monoisotopic (exact) mass is 555 g/mol. The molecule has 1 aromatic heterocycles. The first kappa shape index (κ1) is 28.7. The van der Waals surface area contributed by atoms with Gasteiger partial charge in [0.1, 0.15) is 24.0 Å². The molecule has 200 valence electrons. The number of alkyl halides is 1. The van der Waals surface area contributed by atoms with Gasteiger partial charge >= 0.3 is 13.7 Å². The second-order valence-electron chi connectivity index (χ2n) is 8.44. The summed E-state index contributed by atoms with van der Waals surface area (Å²) >= 11 is 5.06. The van der Waals surface area contributed by atoms with E-state index < -0.39 is 62.1 Å². The molecular weight excluding hydrogens is 528 g/mol. The summed E-state index contributed by atoms with van der Waals surface area (Å²) in [7, 11) is -4.32. The van der Waals surface area contributed by atoms with Gasteiger partial charge in [0.25, 0.3) is 5.56 Å². The van der Waals surface area contributed by atoms with E-state index in [1.54, 1.807) is 32.0 Å². The van der Waals surface area contributed by atoms with Gasteiger partial charge in [-0.15, -0.1) is 6.42 Å². The van der Waals surface area contributed by atoms with E-state index in [9.17, 15) is 19.3 Å². The van der Waals surface area contributed by atoms with Gasteiger partial charge in [-0.05, 0) is 45.1 Å². The number of nitrogens with one attached hydrogen (secondary N) is 2. The third kappa shape index (κ3) is 6.73. The van der Waals surface area contributed by atoms with Crippen LogP contribution in [-0.2, 0) is 23.4 Å². The van der Waals surface area contributed by atoms with Crippen molar-refractivity contribution in [3.8, 4) is 18.1 Å². The Morgan fingerprint density at radius 2 is 2.05 bits per heavy atom. The SMILES string of the molecule is C#CC1(F)C(O)C(COP(=O)(NC(C)C(=O)OC(C)C)Oc2ccccc2)OC1n1ccc(=O)[nH]c1=S. The molecule has 11 nitrogen and oxygen atoms in total. The van der Waals surface area contributed by atoms with Crippen molar-refractivity contribution < 1.29 is 37.4 Å². The van der Waals surface area contributed by atoms with Gasteiger partial charge in [-0.1, -0.05) is 24.1 Å². The van der Waals surface area contributed by atoms with E-state index >= 15 is 4.39 Å². The van der Waals surface area contributed by atoms with E-state index in [0.29, 0.717) is 0 Å². The van der Waals surface area contributed by atoms with Gasteiger partial charge in [-0.25, -0.2) is 8.96 Å². The number of carbonyl (C=O) groups is 1. The summed E-state index contributed by atoms with van der Waals surface area (Å²) in [5, 5.41) is 13.2. The number of rotatable bonds is 10. The van der Waals surface area contributed by atoms with E-state index in [0.717, 1.165) is 10.6 Å². The van der Waals surface area contributed by atoms with Crippen LogP contribution >= 0.6 is 20.0 Å². The summed E-state index contributed by atoms with van der Waals surface area (Å²) in [6.45, 7) is 4.04. The number of H-pyrrole nitrogens is 1. The first-order chi connectivity index (χ1) is 17.4. The lowest BCUT2D eigenvalue weighted by molar-refractivity contribution is -0.149. The second kappa shape index (κ2) is 11.7. The minimum atomic E-state index is -4.32. The number of esters is 1. The molecule has 1 aliphatic heterocycles. The van der Waals surface area contributed by atoms with Crippen LogP contribution in [0.3, 0.4) is 0 Å². The molecule has 3 N–H and O–H groups in total. The Kier molecular flexibility index (Phi) is 9.07. The summed E-state index contributed by atoms with van der Waals surface area (Å²) in [6, 6.07) is 7.94. The largest absolute Gasteiger partial charge is 0.462 e. The Labute approximate surface area is 217 Å². The Morgan fingerprint density at radius 3 is 2.65 bits per heavy atom. The number of aromatic amines is 1. The van der Waals surface area contributed by atoms with Crippen molar-refractivity contribution in [2.24, 2.45) is 0 Å². The summed E-state index contributed by atoms with van der Waals surface area (Å²) in [5.41, 5.74) is -3.31. The van der Waals surface area contributed by atoms with E-state index in [1.807, 2.05) is 5.92 Å². The van der Waals surface area contributed by atoms with Crippen molar-refractivity contribution in [3.05, 3.63) is 57.7 Å². The average molecular weight is 556 g/mol. The molecule has 1 saturated heterocycles. The molecule has 0 amide bonds. The number of aromatic nitrogens is 2. The van der Waals surface area contributed by atoms with Gasteiger partial charge < -0.3 is 19.1 Å². The molecule has 1 aliphatic rings. The highest BCUT2D eigenvalue weighted by atomic mass is 32.1. The van der Waals surface area contributed by atoms with Gasteiger partial charge in [-0.2, -0.15) is 5.09 Å². The number of halogens is 1. The molecule has 1 fully saturated rings. The minimum Gasteiger partial charge on any atom is -0.462 e. The molecule has 6 unspecified atom stereocenters. The highest BCUT2D eigenvalue weighted by molar-refractivity contribution is 7.71. The minimum absolute atomic E-state index is 0.150. The summed E-state index contributed by atoms with van der Waals surface area (Å²) in [6.07, 6.45) is 1.12. The number of aliphatic hydroxyl groups excluding tert-OH is 1. The zero-order valence-electron chi connectivity index (χ0n) is 20.2. The van der Waals surface area contributed by atoms with Crippen LogP contribution in [0, 0.1) is 17.1 Å². The van der Waals surface area contributed by atoms with Crippen molar-refractivity contribution in [3.63, 3.8) is 0 Å². The Balaban J connectivity index is 1.84. The quantitative estimate of drug-likeness (QED) is 0.173. The Bertz CT molecular complexity index is 1310. The van der Waals surface area contributed by atoms with Crippen LogP contribution in [0.1, 0.15) is 27.0 Å².